The summed E-state index contributed by atoms with van der Waals surface area (Å²) in [5.74, 6) is -2.26. The summed E-state index contributed by atoms with van der Waals surface area (Å²) in [5, 5.41) is 5.47. The minimum absolute atomic E-state index is 0.0824. The SMILES string of the molecule is O=C(CCc1ncc(-c2ccc(F)cc2F)o1)NCc1cccc(NC(=O)c2cccc(F)c2)c1. The highest BCUT2D eigenvalue weighted by molar-refractivity contribution is 6.04. The number of benzene rings is 3. The molecule has 3 aromatic carbocycles. The third-order valence-electron chi connectivity index (χ3n) is 5.08. The number of aromatic nitrogens is 1. The van der Waals surface area contributed by atoms with E-state index in [0.29, 0.717) is 5.69 Å². The van der Waals surface area contributed by atoms with Crippen LogP contribution in [0, 0.1) is 17.5 Å². The molecular formula is C26H20F3N3O3. The van der Waals surface area contributed by atoms with Crippen molar-refractivity contribution >= 4 is 17.5 Å². The van der Waals surface area contributed by atoms with E-state index in [1.807, 2.05) is 0 Å². The molecule has 0 spiro atoms. The Bertz CT molecular complexity index is 1370. The normalized spacial score (nSPS) is 10.7. The number of oxazole rings is 1. The maximum atomic E-state index is 13.9. The average molecular weight is 479 g/mol. The highest BCUT2D eigenvalue weighted by Gasteiger charge is 2.13. The summed E-state index contributed by atoms with van der Waals surface area (Å²) >= 11 is 0. The van der Waals surface area contributed by atoms with Crippen LogP contribution in [0.1, 0.15) is 28.2 Å². The van der Waals surface area contributed by atoms with E-state index in [4.69, 9.17) is 4.42 Å². The first-order valence-corrected chi connectivity index (χ1v) is 10.7. The molecule has 35 heavy (non-hydrogen) atoms. The van der Waals surface area contributed by atoms with Crippen LogP contribution in [0.5, 0.6) is 0 Å². The summed E-state index contributed by atoms with van der Waals surface area (Å²) in [7, 11) is 0. The van der Waals surface area contributed by atoms with Gasteiger partial charge in [0.1, 0.15) is 17.5 Å². The molecule has 9 heteroatoms. The molecule has 0 bridgehead atoms. The summed E-state index contributed by atoms with van der Waals surface area (Å²) in [5.41, 5.74) is 1.53. The molecule has 0 aliphatic carbocycles. The molecule has 0 saturated heterocycles. The quantitative estimate of drug-likeness (QED) is 0.361. The number of hydrogen-bond acceptors (Lipinski definition) is 4. The summed E-state index contributed by atoms with van der Waals surface area (Å²) in [6, 6.07) is 15.4. The lowest BCUT2D eigenvalue weighted by Crippen LogP contribution is -2.23. The molecule has 1 aromatic heterocycles. The zero-order valence-corrected chi connectivity index (χ0v) is 18.4. The van der Waals surface area contributed by atoms with Gasteiger partial charge >= 0.3 is 0 Å². The Hall–Kier alpha value is -4.40. The molecule has 4 aromatic rings. The Kier molecular flexibility index (Phi) is 7.25. The Balaban J connectivity index is 1.28. The fraction of sp³-hybridized carbons (Fsp3) is 0.115. The second kappa shape index (κ2) is 10.7. The van der Waals surface area contributed by atoms with E-state index in [0.717, 1.165) is 23.8 Å². The Morgan fingerprint density at radius 3 is 2.51 bits per heavy atom. The lowest BCUT2D eigenvalue weighted by molar-refractivity contribution is -0.121. The average Bonchev–Trinajstić information content (AvgIpc) is 3.30. The largest absolute Gasteiger partial charge is 0.441 e. The first kappa shape index (κ1) is 23.7. The number of anilines is 1. The molecule has 4 rings (SSSR count). The van der Waals surface area contributed by atoms with Gasteiger partial charge in [0.05, 0.1) is 11.8 Å². The van der Waals surface area contributed by atoms with Crippen LogP contribution in [0.4, 0.5) is 18.9 Å². The van der Waals surface area contributed by atoms with Gasteiger partial charge in [0.25, 0.3) is 5.91 Å². The molecule has 0 unspecified atom stereocenters. The monoisotopic (exact) mass is 479 g/mol. The van der Waals surface area contributed by atoms with E-state index in [9.17, 15) is 22.8 Å². The predicted octanol–water partition coefficient (Wildman–Crippen LogP) is 5.26. The van der Waals surface area contributed by atoms with E-state index in [1.54, 1.807) is 24.3 Å². The number of nitrogens with zero attached hydrogens (tertiary/aromatic N) is 1. The van der Waals surface area contributed by atoms with E-state index in [2.05, 4.69) is 15.6 Å². The molecule has 1 heterocycles. The Morgan fingerprint density at radius 2 is 1.71 bits per heavy atom. The summed E-state index contributed by atoms with van der Waals surface area (Å²) in [4.78, 5) is 28.6. The van der Waals surface area contributed by atoms with E-state index >= 15 is 0 Å². The predicted molar refractivity (Wildman–Crippen MR) is 123 cm³/mol. The standard InChI is InChI=1S/C26H20F3N3O3/c27-18-5-2-4-17(12-18)26(34)32-20-6-1-3-16(11-20)14-30-24(33)9-10-25-31-15-23(35-25)21-8-7-19(28)13-22(21)29/h1-8,11-13,15H,9-10,14H2,(H,30,33)(H,32,34). The lowest BCUT2D eigenvalue weighted by Gasteiger charge is -2.09. The smallest absolute Gasteiger partial charge is 0.255 e. The number of hydrogen-bond donors (Lipinski definition) is 2. The minimum Gasteiger partial charge on any atom is -0.441 e. The first-order chi connectivity index (χ1) is 16.9. The van der Waals surface area contributed by atoms with Crippen molar-refractivity contribution in [3.05, 3.63) is 107 Å². The highest BCUT2D eigenvalue weighted by Crippen LogP contribution is 2.24. The second-order valence-corrected chi connectivity index (χ2v) is 7.68. The van der Waals surface area contributed by atoms with Gasteiger partial charge in [-0.05, 0) is 48.0 Å². The molecule has 178 valence electrons. The van der Waals surface area contributed by atoms with E-state index in [1.165, 1.54) is 30.5 Å². The van der Waals surface area contributed by atoms with Crippen molar-refractivity contribution < 1.29 is 27.2 Å². The maximum Gasteiger partial charge on any atom is 0.255 e. The second-order valence-electron chi connectivity index (χ2n) is 7.68. The molecule has 0 radical (unpaired) electrons. The molecule has 0 saturated carbocycles. The van der Waals surface area contributed by atoms with Crippen LogP contribution < -0.4 is 10.6 Å². The maximum absolute atomic E-state index is 13.9. The van der Waals surface area contributed by atoms with E-state index < -0.39 is 23.4 Å². The van der Waals surface area contributed by atoms with Crippen LogP contribution in [-0.2, 0) is 17.8 Å². The van der Waals surface area contributed by atoms with Gasteiger partial charge in [-0.25, -0.2) is 18.2 Å². The van der Waals surface area contributed by atoms with Gasteiger partial charge in [-0.15, -0.1) is 0 Å². The van der Waals surface area contributed by atoms with Gasteiger partial charge in [-0.3, -0.25) is 9.59 Å². The van der Waals surface area contributed by atoms with Crippen molar-refractivity contribution in [3.63, 3.8) is 0 Å². The Labute approximate surface area is 198 Å². The summed E-state index contributed by atoms with van der Waals surface area (Å²) in [6.07, 6.45) is 1.60. The fourth-order valence-electron chi connectivity index (χ4n) is 3.34. The van der Waals surface area contributed by atoms with Gasteiger partial charge in [0, 0.05) is 36.7 Å². The lowest BCUT2D eigenvalue weighted by atomic mass is 10.1. The van der Waals surface area contributed by atoms with Gasteiger partial charge in [-0.1, -0.05) is 18.2 Å². The van der Waals surface area contributed by atoms with Crippen LogP contribution in [-0.4, -0.2) is 16.8 Å². The molecule has 0 aliphatic rings. The van der Waals surface area contributed by atoms with Crippen LogP contribution >= 0.6 is 0 Å². The number of nitrogens with one attached hydrogen (secondary N) is 2. The van der Waals surface area contributed by atoms with Crippen molar-refractivity contribution in [2.45, 2.75) is 19.4 Å². The highest BCUT2D eigenvalue weighted by atomic mass is 19.1. The van der Waals surface area contributed by atoms with Gasteiger partial charge in [0.2, 0.25) is 5.91 Å². The third kappa shape index (κ3) is 6.35. The number of halogens is 3. The third-order valence-corrected chi connectivity index (χ3v) is 5.08. The van der Waals surface area contributed by atoms with Crippen molar-refractivity contribution in [1.82, 2.24) is 10.3 Å². The van der Waals surface area contributed by atoms with Crippen molar-refractivity contribution in [2.75, 3.05) is 5.32 Å². The van der Waals surface area contributed by atoms with Crippen LogP contribution in [0.25, 0.3) is 11.3 Å². The molecule has 6 nitrogen and oxygen atoms in total. The first-order valence-electron chi connectivity index (χ1n) is 10.7. The number of carbonyl (C=O) groups is 2. The molecule has 0 atom stereocenters. The van der Waals surface area contributed by atoms with Crippen LogP contribution in [0.2, 0.25) is 0 Å². The van der Waals surface area contributed by atoms with Crippen molar-refractivity contribution in [1.29, 1.82) is 0 Å². The van der Waals surface area contributed by atoms with Gasteiger partial charge < -0.3 is 15.1 Å². The number of carbonyl (C=O) groups excluding carboxylic acids is 2. The fourth-order valence-corrected chi connectivity index (χ4v) is 3.34. The molecular weight excluding hydrogens is 459 g/mol. The minimum atomic E-state index is -0.764. The number of aryl methyl sites for hydroxylation is 1. The van der Waals surface area contributed by atoms with E-state index in [-0.39, 0.29) is 48.1 Å². The molecule has 2 N–H and O–H groups in total. The van der Waals surface area contributed by atoms with Crippen LogP contribution in [0.15, 0.2) is 77.3 Å². The van der Waals surface area contributed by atoms with Gasteiger partial charge in [0.15, 0.2) is 11.7 Å². The number of rotatable bonds is 8. The number of amides is 2. The van der Waals surface area contributed by atoms with Gasteiger partial charge in [-0.2, -0.15) is 0 Å². The summed E-state index contributed by atoms with van der Waals surface area (Å²) < 4.78 is 45.8. The topological polar surface area (TPSA) is 84.2 Å². The van der Waals surface area contributed by atoms with Crippen molar-refractivity contribution in [3.8, 4) is 11.3 Å². The molecule has 0 aliphatic heterocycles. The zero-order chi connectivity index (χ0) is 24.8. The molecule has 2 amide bonds. The molecule has 0 fully saturated rings. The van der Waals surface area contributed by atoms with Crippen molar-refractivity contribution in [2.24, 2.45) is 0 Å². The van der Waals surface area contributed by atoms with Crippen LogP contribution in [0.3, 0.4) is 0 Å². The Morgan fingerprint density at radius 1 is 0.914 bits per heavy atom. The summed E-state index contributed by atoms with van der Waals surface area (Å²) in [6.45, 7) is 0.222. The zero-order valence-electron chi connectivity index (χ0n) is 18.4.